The van der Waals surface area contributed by atoms with Gasteiger partial charge in [0.2, 0.25) is 0 Å². The average Bonchev–Trinajstić information content (AvgIpc) is 2.39. The molecule has 0 aliphatic rings. The van der Waals surface area contributed by atoms with Crippen molar-refractivity contribution in [2.75, 3.05) is 5.32 Å². The molecule has 0 saturated heterocycles. The number of carbonyl (C=O) groups excluding carboxylic acids is 1. The molecule has 0 heterocycles. The number of benzene rings is 2. The van der Waals surface area contributed by atoms with Gasteiger partial charge in [-0.3, -0.25) is 4.79 Å². The van der Waals surface area contributed by atoms with Crippen molar-refractivity contribution >= 4 is 33.5 Å². The van der Waals surface area contributed by atoms with Crippen molar-refractivity contribution in [1.82, 2.24) is 0 Å². The quantitative estimate of drug-likeness (QED) is 0.882. The van der Waals surface area contributed by atoms with Crippen LogP contribution in [0, 0.1) is 12.7 Å². The number of rotatable bonds is 3. The zero-order valence-corrected chi connectivity index (χ0v) is 12.6. The minimum absolute atomic E-state index is 0.0986. The van der Waals surface area contributed by atoms with E-state index < -0.39 is 17.7 Å². The molecule has 0 atom stereocenters. The lowest BCUT2D eigenvalue weighted by molar-refractivity contribution is 0.0696. The Kier molecular flexibility index (Phi) is 4.37. The van der Waals surface area contributed by atoms with Gasteiger partial charge < -0.3 is 10.4 Å². The molecule has 2 aromatic rings. The summed E-state index contributed by atoms with van der Waals surface area (Å²) in [5.74, 6) is -2.02. The molecule has 0 spiro atoms. The highest BCUT2D eigenvalue weighted by Gasteiger charge is 2.12. The van der Waals surface area contributed by atoms with Crippen molar-refractivity contribution in [3.05, 3.63) is 63.4 Å². The monoisotopic (exact) mass is 351 g/mol. The van der Waals surface area contributed by atoms with Crippen LogP contribution in [0.25, 0.3) is 0 Å². The number of hydrogen-bond donors (Lipinski definition) is 2. The van der Waals surface area contributed by atoms with Crippen LogP contribution in [0.15, 0.2) is 40.9 Å². The van der Waals surface area contributed by atoms with Crippen LogP contribution in [-0.2, 0) is 0 Å². The number of carboxylic acid groups (broad SMARTS) is 1. The molecule has 2 aromatic carbocycles. The fraction of sp³-hybridized carbons (Fsp3) is 0.0667. The van der Waals surface area contributed by atoms with Gasteiger partial charge in [0.1, 0.15) is 5.82 Å². The van der Waals surface area contributed by atoms with Crippen molar-refractivity contribution in [2.24, 2.45) is 0 Å². The number of carbonyl (C=O) groups is 2. The first-order valence-electron chi connectivity index (χ1n) is 5.98. The number of hydrogen-bond acceptors (Lipinski definition) is 2. The van der Waals surface area contributed by atoms with E-state index in [1.54, 1.807) is 13.0 Å². The van der Waals surface area contributed by atoms with Gasteiger partial charge in [-0.05, 0) is 64.8 Å². The first kappa shape index (κ1) is 15.2. The molecule has 1 amide bonds. The van der Waals surface area contributed by atoms with E-state index in [4.69, 9.17) is 5.11 Å². The van der Waals surface area contributed by atoms with E-state index in [0.29, 0.717) is 15.7 Å². The van der Waals surface area contributed by atoms with E-state index >= 15 is 0 Å². The largest absolute Gasteiger partial charge is 0.478 e. The molecule has 0 aliphatic carbocycles. The Labute approximate surface area is 128 Å². The number of carboxylic acids is 1. The second-order valence-electron chi connectivity index (χ2n) is 4.47. The smallest absolute Gasteiger partial charge is 0.335 e. The molecular weight excluding hydrogens is 341 g/mol. The standard InChI is InChI=1S/C15H11BrFNO3/c1-8-4-10(6-11(17)5-8)14(19)18-13-3-2-9(15(20)21)7-12(13)16/h2-7H,1H3,(H,18,19)(H,20,21). The molecule has 2 rings (SSSR count). The van der Waals surface area contributed by atoms with Crippen molar-refractivity contribution in [3.63, 3.8) is 0 Å². The molecule has 6 heteroatoms. The lowest BCUT2D eigenvalue weighted by Crippen LogP contribution is -2.13. The van der Waals surface area contributed by atoms with Crippen molar-refractivity contribution in [3.8, 4) is 0 Å². The summed E-state index contributed by atoms with van der Waals surface area (Å²) < 4.78 is 13.7. The van der Waals surface area contributed by atoms with E-state index in [1.165, 1.54) is 24.3 Å². The van der Waals surface area contributed by atoms with Crippen LogP contribution in [0.3, 0.4) is 0 Å². The van der Waals surface area contributed by atoms with Crippen molar-refractivity contribution < 1.29 is 19.1 Å². The third-order valence-corrected chi connectivity index (χ3v) is 3.42. The van der Waals surface area contributed by atoms with E-state index in [1.807, 2.05) is 0 Å². The normalized spacial score (nSPS) is 10.2. The third kappa shape index (κ3) is 3.66. The summed E-state index contributed by atoms with van der Waals surface area (Å²) >= 11 is 3.19. The second-order valence-corrected chi connectivity index (χ2v) is 5.33. The maximum absolute atomic E-state index is 13.3. The fourth-order valence-electron chi connectivity index (χ4n) is 1.81. The van der Waals surface area contributed by atoms with Gasteiger partial charge in [-0.15, -0.1) is 0 Å². The molecule has 0 bridgehead atoms. The summed E-state index contributed by atoms with van der Waals surface area (Å²) in [7, 11) is 0. The van der Waals surface area contributed by atoms with E-state index in [-0.39, 0.29) is 11.1 Å². The molecular formula is C15H11BrFNO3. The van der Waals surface area contributed by atoms with Crippen LogP contribution < -0.4 is 5.32 Å². The summed E-state index contributed by atoms with van der Waals surface area (Å²) in [6.45, 7) is 1.69. The van der Waals surface area contributed by atoms with Crippen molar-refractivity contribution in [1.29, 1.82) is 0 Å². The molecule has 4 nitrogen and oxygen atoms in total. The number of anilines is 1. The molecule has 0 radical (unpaired) electrons. The number of halogens is 2. The van der Waals surface area contributed by atoms with E-state index in [9.17, 15) is 14.0 Å². The van der Waals surface area contributed by atoms with Gasteiger partial charge in [-0.2, -0.15) is 0 Å². The highest BCUT2D eigenvalue weighted by atomic mass is 79.9. The third-order valence-electron chi connectivity index (χ3n) is 2.77. The van der Waals surface area contributed by atoms with Gasteiger partial charge in [-0.1, -0.05) is 0 Å². The van der Waals surface area contributed by atoms with Gasteiger partial charge in [0.05, 0.1) is 11.3 Å². The Hall–Kier alpha value is -2.21. The van der Waals surface area contributed by atoms with Crippen LogP contribution in [0.2, 0.25) is 0 Å². The van der Waals surface area contributed by atoms with Gasteiger partial charge in [-0.25, -0.2) is 9.18 Å². The zero-order chi connectivity index (χ0) is 15.6. The molecule has 21 heavy (non-hydrogen) atoms. The number of aryl methyl sites for hydroxylation is 1. The lowest BCUT2D eigenvalue weighted by atomic mass is 10.1. The van der Waals surface area contributed by atoms with Crippen molar-refractivity contribution in [2.45, 2.75) is 6.92 Å². The van der Waals surface area contributed by atoms with E-state index in [0.717, 1.165) is 6.07 Å². The predicted octanol–water partition coefficient (Wildman–Crippen LogP) is 3.85. The SMILES string of the molecule is Cc1cc(F)cc(C(=O)Nc2ccc(C(=O)O)cc2Br)c1. The average molecular weight is 352 g/mol. The topological polar surface area (TPSA) is 66.4 Å². The molecule has 0 fully saturated rings. The molecule has 0 aliphatic heterocycles. The van der Waals surface area contributed by atoms with Crippen LogP contribution >= 0.6 is 15.9 Å². The minimum atomic E-state index is -1.06. The van der Waals surface area contributed by atoms with Gasteiger partial charge >= 0.3 is 5.97 Å². The summed E-state index contributed by atoms with van der Waals surface area (Å²) in [6, 6.07) is 8.26. The molecule has 2 N–H and O–H groups in total. The first-order chi connectivity index (χ1) is 9.86. The molecule has 0 unspecified atom stereocenters. The fourth-order valence-corrected chi connectivity index (χ4v) is 2.29. The summed E-state index contributed by atoms with van der Waals surface area (Å²) in [6.07, 6.45) is 0. The maximum atomic E-state index is 13.3. The minimum Gasteiger partial charge on any atom is -0.478 e. The Morgan fingerprint density at radius 3 is 2.43 bits per heavy atom. The number of nitrogens with one attached hydrogen (secondary N) is 1. The summed E-state index contributed by atoms with van der Waals surface area (Å²) in [4.78, 5) is 22.9. The molecule has 0 saturated carbocycles. The van der Waals surface area contributed by atoms with Crippen LogP contribution in [0.4, 0.5) is 10.1 Å². The Morgan fingerprint density at radius 1 is 1.14 bits per heavy atom. The zero-order valence-electron chi connectivity index (χ0n) is 11.0. The second kappa shape index (κ2) is 6.05. The van der Waals surface area contributed by atoms with Gasteiger partial charge in [0.25, 0.3) is 5.91 Å². The maximum Gasteiger partial charge on any atom is 0.335 e. The Bertz CT molecular complexity index is 711. The summed E-state index contributed by atoms with van der Waals surface area (Å²) in [5, 5.41) is 11.5. The molecule has 108 valence electrons. The highest BCUT2D eigenvalue weighted by Crippen LogP contribution is 2.24. The predicted molar refractivity (Wildman–Crippen MR) is 80.2 cm³/mol. The van der Waals surface area contributed by atoms with E-state index in [2.05, 4.69) is 21.2 Å². The first-order valence-corrected chi connectivity index (χ1v) is 6.77. The van der Waals surface area contributed by atoms with Gasteiger partial charge in [0, 0.05) is 10.0 Å². The van der Waals surface area contributed by atoms with Crippen LogP contribution in [0.1, 0.15) is 26.3 Å². The Balaban J connectivity index is 2.25. The number of amides is 1. The van der Waals surface area contributed by atoms with Crippen LogP contribution in [0.5, 0.6) is 0 Å². The van der Waals surface area contributed by atoms with Crippen LogP contribution in [-0.4, -0.2) is 17.0 Å². The van der Waals surface area contributed by atoms with Gasteiger partial charge in [0.15, 0.2) is 0 Å². The lowest BCUT2D eigenvalue weighted by Gasteiger charge is -2.09. The summed E-state index contributed by atoms with van der Waals surface area (Å²) in [5.41, 5.74) is 1.34. The Morgan fingerprint density at radius 2 is 1.86 bits per heavy atom. The molecule has 0 aromatic heterocycles. The highest BCUT2D eigenvalue weighted by molar-refractivity contribution is 9.10. The number of aromatic carboxylic acids is 1.